The quantitative estimate of drug-likeness (QED) is 0.715. The lowest BCUT2D eigenvalue weighted by Crippen LogP contribution is -2.18. The standard InChI is InChI=1S/C8H13N3O4S/c1-3-4-5-7(16(9,13)14)6(11-10-5)8(12)15-2/h3-4H2,1-2H3,(H,10,11)(H2,9,13,14). The van der Waals surface area contributed by atoms with E-state index in [9.17, 15) is 13.2 Å². The van der Waals surface area contributed by atoms with E-state index in [0.29, 0.717) is 18.5 Å². The first-order chi connectivity index (χ1) is 7.41. The number of nitrogens with two attached hydrogens (primary N) is 1. The summed E-state index contributed by atoms with van der Waals surface area (Å²) in [7, 11) is -2.85. The number of nitrogens with one attached hydrogen (secondary N) is 1. The molecular weight excluding hydrogens is 234 g/mol. The number of primary sulfonamides is 1. The molecule has 0 aromatic carbocycles. The van der Waals surface area contributed by atoms with Crippen molar-refractivity contribution in [1.29, 1.82) is 0 Å². The molecule has 0 saturated carbocycles. The average Bonchev–Trinajstić information content (AvgIpc) is 2.60. The first-order valence-electron chi connectivity index (χ1n) is 4.60. The number of H-pyrrole nitrogens is 1. The van der Waals surface area contributed by atoms with Gasteiger partial charge in [0.1, 0.15) is 4.90 Å². The van der Waals surface area contributed by atoms with E-state index in [-0.39, 0.29) is 10.6 Å². The van der Waals surface area contributed by atoms with Crippen molar-refractivity contribution in [1.82, 2.24) is 10.2 Å². The van der Waals surface area contributed by atoms with Gasteiger partial charge in [-0.2, -0.15) is 5.10 Å². The molecular formula is C8H13N3O4S. The highest BCUT2D eigenvalue weighted by Gasteiger charge is 2.27. The van der Waals surface area contributed by atoms with Gasteiger partial charge in [0.05, 0.1) is 12.8 Å². The monoisotopic (exact) mass is 247 g/mol. The Labute approximate surface area is 93.0 Å². The van der Waals surface area contributed by atoms with Crippen molar-refractivity contribution in [2.24, 2.45) is 5.14 Å². The second-order valence-electron chi connectivity index (χ2n) is 3.17. The van der Waals surface area contributed by atoms with E-state index in [0.717, 1.165) is 7.11 Å². The minimum absolute atomic E-state index is 0.277. The molecule has 0 spiro atoms. The Morgan fingerprint density at radius 1 is 1.56 bits per heavy atom. The van der Waals surface area contributed by atoms with Crippen LogP contribution in [0.15, 0.2) is 4.90 Å². The van der Waals surface area contributed by atoms with Crippen LogP contribution in [-0.2, 0) is 21.2 Å². The van der Waals surface area contributed by atoms with Crippen molar-refractivity contribution in [3.05, 3.63) is 11.4 Å². The summed E-state index contributed by atoms with van der Waals surface area (Å²) in [6, 6.07) is 0. The third kappa shape index (κ3) is 2.39. The van der Waals surface area contributed by atoms with Gasteiger partial charge >= 0.3 is 5.97 Å². The molecule has 0 aliphatic heterocycles. The smallest absolute Gasteiger partial charge is 0.360 e. The van der Waals surface area contributed by atoms with E-state index < -0.39 is 16.0 Å². The number of ether oxygens (including phenoxy) is 1. The summed E-state index contributed by atoms with van der Waals surface area (Å²) in [4.78, 5) is 11.0. The summed E-state index contributed by atoms with van der Waals surface area (Å²) in [5.74, 6) is -0.831. The van der Waals surface area contributed by atoms with E-state index in [1.807, 2.05) is 6.92 Å². The number of carbonyl (C=O) groups excluding carboxylic acids is 1. The maximum Gasteiger partial charge on any atom is 0.360 e. The zero-order valence-electron chi connectivity index (χ0n) is 8.98. The minimum atomic E-state index is -3.99. The predicted molar refractivity (Wildman–Crippen MR) is 55.3 cm³/mol. The summed E-state index contributed by atoms with van der Waals surface area (Å²) in [5, 5.41) is 11.1. The third-order valence-corrected chi connectivity index (χ3v) is 2.96. The maximum atomic E-state index is 11.3. The van der Waals surface area contributed by atoms with Gasteiger partial charge in [-0.05, 0) is 6.42 Å². The largest absolute Gasteiger partial charge is 0.464 e. The van der Waals surface area contributed by atoms with Crippen molar-refractivity contribution in [2.45, 2.75) is 24.7 Å². The number of sulfonamides is 1. The highest BCUT2D eigenvalue weighted by atomic mass is 32.2. The molecule has 0 saturated heterocycles. The molecule has 0 radical (unpaired) electrons. The van der Waals surface area contributed by atoms with Crippen LogP contribution in [0.3, 0.4) is 0 Å². The van der Waals surface area contributed by atoms with Gasteiger partial charge in [-0.1, -0.05) is 13.3 Å². The highest BCUT2D eigenvalue weighted by Crippen LogP contribution is 2.18. The number of carbonyl (C=O) groups is 1. The first-order valence-corrected chi connectivity index (χ1v) is 6.14. The van der Waals surface area contributed by atoms with Crippen molar-refractivity contribution in [2.75, 3.05) is 7.11 Å². The Balaban J connectivity index is 3.37. The van der Waals surface area contributed by atoms with Crippen LogP contribution in [0.5, 0.6) is 0 Å². The van der Waals surface area contributed by atoms with Crippen LogP contribution in [0.25, 0.3) is 0 Å². The second-order valence-corrected chi connectivity index (χ2v) is 4.66. The van der Waals surface area contributed by atoms with Crippen LogP contribution in [0.1, 0.15) is 29.5 Å². The number of aryl methyl sites for hydroxylation is 1. The van der Waals surface area contributed by atoms with E-state index >= 15 is 0 Å². The number of aromatic amines is 1. The van der Waals surface area contributed by atoms with Gasteiger partial charge < -0.3 is 4.74 Å². The zero-order valence-corrected chi connectivity index (χ0v) is 9.80. The molecule has 0 aliphatic rings. The van der Waals surface area contributed by atoms with Crippen molar-refractivity contribution in [3.8, 4) is 0 Å². The fourth-order valence-corrected chi connectivity index (χ4v) is 2.22. The Kier molecular flexibility index (Phi) is 3.66. The molecule has 1 rings (SSSR count). The van der Waals surface area contributed by atoms with Gasteiger partial charge in [-0.3, -0.25) is 5.10 Å². The van der Waals surface area contributed by atoms with Crippen molar-refractivity contribution >= 4 is 16.0 Å². The molecule has 0 unspecified atom stereocenters. The summed E-state index contributed by atoms with van der Waals surface area (Å²) in [6.45, 7) is 1.87. The van der Waals surface area contributed by atoms with Gasteiger partial charge in [0, 0.05) is 0 Å². The van der Waals surface area contributed by atoms with Gasteiger partial charge in [0.2, 0.25) is 10.0 Å². The topological polar surface area (TPSA) is 115 Å². The molecule has 1 heterocycles. The molecule has 1 aromatic rings. The molecule has 16 heavy (non-hydrogen) atoms. The average molecular weight is 247 g/mol. The van der Waals surface area contributed by atoms with E-state index in [2.05, 4.69) is 14.9 Å². The summed E-state index contributed by atoms with van der Waals surface area (Å²) >= 11 is 0. The fraction of sp³-hybridized carbons (Fsp3) is 0.500. The van der Waals surface area contributed by atoms with Gasteiger partial charge in [0.25, 0.3) is 0 Å². The number of aromatic nitrogens is 2. The molecule has 0 aliphatic carbocycles. The molecule has 0 atom stereocenters. The maximum absolute atomic E-state index is 11.3. The van der Waals surface area contributed by atoms with Gasteiger partial charge in [-0.15, -0.1) is 0 Å². The van der Waals surface area contributed by atoms with E-state index in [1.165, 1.54) is 0 Å². The number of esters is 1. The van der Waals surface area contributed by atoms with Crippen LogP contribution in [-0.4, -0.2) is 31.7 Å². The molecule has 0 amide bonds. The van der Waals surface area contributed by atoms with Crippen molar-refractivity contribution < 1.29 is 17.9 Å². The van der Waals surface area contributed by atoms with Crippen LogP contribution in [0.2, 0.25) is 0 Å². The van der Waals surface area contributed by atoms with Gasteiger partial charge in [-0.25, -0.2) is 18.4 Å². The summed E-state index contributed by atoms with van der Waals surface area (Å²) in [6.07, 6.45) is 1.14. The van der Waals surface area contributed by atoms with E-state index in [1.54, 1.807) is 0 Å². The zero-order chi connectivity index (χ0) is 12.3. The van der Waals surface area contributed by atoms with Crippen LogP contribution < -0.4 is 5.14 Å². The Hall–Kier alpha value is -1.41. The molecule has 7 nitrogen and oxygen atoms in total. The molecule has 0 fully saturated rings. The SMILES string of the molecule is CCCc1[nH]nc(C(=O)OC)c1S(N)(=O)=O. The summed E-state index contributed by atoms with van der Waals surface area (Å²) in [5.41, 5.74) is 0.0267. The Morgan fingerprint density at radius 2 is 2.19 bits per heavy atom. The summed E-state index contributed by atoms with van der Waals surface area (Å²) < 4.78 is 27.1. The first kappa shape index (κ1) is 12.7. The highest BCUT2D eigenvalue weighted by molar-refractivity contribution is 7.89. The lowest BCUT2D eigenvalue weighted by Gasteiger charge is -2.01. The van der Waals surface area contributed by atoms with Crippen LogP contribution in [0, 0.1) is 0 Å². The minimum Gasteiger partial charge on any atom is -0.464 e. The predicted octanol–water partition coefficient (Wildman–Crippen LogP) is -0.204. The van der Waals surface area contributed by atoms with Crippen LogP contribution in [0.4, 0.5) is 0 Å². The van der Waals surface area contributed by atoms with Crippen LogP contribution >= 0.6 is 0 Å². The number of rotatable bonds is 4. The molecule has 3 N–H and O–H groups in total. The number of nitrogens with zero attached hydrogens (tertiary/aromatic N) is 1. The Bertz CT molecular complexity index is 491. The number of hydrogen-bond acceptors (Lipinski definition) is 5. The van der Waals surface area contributed by atoms with Crippen molar-refractivity contribution in [3.63, 3.8) is 0 Å². The molecule has 0 bridgehead atoms. The lowest BCUT2D eigenvalue weighted by molar-refractivity contribution is 0.0589. The number of hydrogen-bond donors (Lipinski definition) is 2. The molecule has 8 heteroatoms. The normalized spacial score (nSPS) is 11.4. The van der Waals surface area contributed by atoms with E-state index in [4.69, 9.17) is 5.14 Å². The Morgan fingerprint density at radius 3 is 2.62 bits per heavy atom. The molecule has 90 valence electrons. The van der Waals surface area contributed by atoms with Gasteiger partial charge in [0.15, 0.2) is 5.69 Å². The molecule has 1 aromatic heterocycles. The second kappa shape index (κ2) is 4.62. The fourth-order valence-electron chi connectivity index (χ4n) is 1.33. The number of methoxy groups -OCH3 is 1. The third-order valence-electron chi connectivity index (χ3n) is 1.96. The lowest BCUT2D eigenvalue weighted by atomic mass is 10.2.